The molecule has 5 nitrogen and oxygen atoms in total. The Hall–Kier alpha value is -2.28. The molecule has 7 heteroatoms. The van der Waals surface area contributed by atoms with E-state index in [0.717, 1.165) is 6.07 Å². The van der Waals surface area contributed by atoms with Crippen molar-refractivity contribution in [2.24, 2.45) is 0 Å². The summed E-state index contributed by atoms with van der Waals surface area (Å²) in [6.45, 7) is 2.45. The van der Waals surface area contributed by atoms with Crippen LogP contribution in [-0.2, 0) is 11.3 Å². The van der Waals surface area contributed by atoms with Crippen LogP contribution in [0.15, 0.2) is 28.8 Å². The molecule has 0 saturated heterocycles. The summed E-state index contributed by atoms with van der Waals surface area (Å²) in [6, 6.07) is 5.09. The molecule has 1 amide bonds. The van der Waals surface area contributed by atoms with Crippen molar-refractivity contribution in [3.8, 4) is 0 Å². The Labute approximate surface area is 126 Å². The average Bonchev–Trinajstić information content (AvgIpc) is 2.85. The number of nitrogens with zero attached hydrogens (tertiary/aromatic N) is 2. The van der Waals surface area contributed by atoms with Crippen molar-refractivity contribution in [2.45, 2.75) is 19.9 Å². The van der Waals surface area contributed by atoms with Crippen LogP contribution < -0.4 is 5.32 Å². The van der Waals surface area contributed by atoms with Crippen LogP contribution in [0.5, 0.6) is 0 Å². The largest absolute Gasteiger partial charge is 0.360 e. The predicted octanol–water partition coefficient (Wildman–Crippen LogP) is 2.72. The van der Waals surface area contributed by atoms with Gasteiger partial charge in [0.05, 0.1) is 0 Å². The minimum absolute atomic E-state index is 0.209. The van der Waals surface area contributed by atoms with Crippen molar-refractivity contribution < 1.29 is 18.1 Å². The second-order valence-corrected chi connectivity index (χ2v) is 5.09. The fourth-order valence-corrected chi connectivity index (χ4v) is 1.94. The highest BCUT2D eigenvalue weighted by Gasteiger charge is 2.10. The third-order valence-electron chi connectivity index (χ3n) is 3.07. The zero-order valence-corrected chi connectivity index (χ0v) is 12.4. The zero-order chi connectivity index (χ0) is 16.1. The number of aryl methyl sites for hydroxylation is 1. The molecular formula is C15H17F2N3O2. The molecule has 118 valence electrons. The van der Waals surface area contributed by atoms with Gasteiger partial charge in [-0.1, -0.05) is 11.2 Å². The number of anilines is 1. The molecule has 22 heavy (non-hydrogen) atoms. The molecule has 0 spiro atoms. The van der Waals surface area contributed by atoms with Crippen LogP contribution in [0.25, 0.3) is 0 Å². The summed E-state index contributed by atoms with van der Waals surface area (Å²) in [5.74, 6) is -0.422. The molecule has 0 unspecified atom stereocenters. The van der Waals surface area contributed by atoms with E-state index in [2.05, 4.69) is 10.5 Å². The molecule has 0 aliphatic heterocycles. The first kappa shape index (κ1) is 16.1. The molecule has 2 aromatic rings. The molecule has 1 heterocycles. The van der Waals surface area contributed by atoms with E-state index in [0.29, 0.717) is 30.2 Å². The summed E-state index contributed by atoms with van der Waals surface area (Å²) < 4.78 is 31.2. The van der Waals surface area contributed by atoms with Gasteiger partial charge in [0.1, 0.15) is 17.4 Å². The number of nitrogens with one attached hydrogen (secondary N) is 1. The van der Waals surface area contributed by atoms with Gasteiger partial charge < -0.3 is 14.7 Å². The molecule has 1 N–H and O–H groups in total. The van der Waals surface area contributed by atoms with Crippen LogP contribution >= 0.6 is 0 Å². The lowest BCUT2D eigenvalue weighted by Gasteiger charge is -2.16. The minimum atomic E-state index is -0.605. The summed E-state index contributed by atoms with van der Waals surface area (Å²) in [6.07, 6.45) is 0.227. The Morgan fingerprint density at radius 2 is 2.14 bits per heavy atom. The van der Waals surface area contributed by atoms with E-state index in [1.165, 1.54) is 12.1 Å². The molecule has 1 aromatic carbocycles. The second-order valence-electron chi connectivity index (χ2n) is 5.09. The monoisotopic (exact) mass is 309 g/mol. The van der Waals surface area contributed by atoms with Gasteiger partial charge in [-0.2, -0.15) is 0 Å². The summed E-state index contributed by atoms with van der Waals surface area (Å²) >= 11 is 0. The molecule has 0 aliphatic carbocycles. The lowest BCUT2D eigenvalue weighted by Crippen LogP contribution is -2.24. The third-order valence-corrected chi connectivity index (χ3v) is 3.07. The van der Waals surface area contributed by atoms with Crippen molar-refractivity contribution in [2.75, 3.05) is 18.9 Å². The first-order chi connectivity index (χ1) is 10.4. The second kappa shape index (κ2) is 7.13. The number of aromatic nitrogens is 1. The summed E-state index contributed by atoms with van der Waals surface area (Å²) in [7, 11) is 1.76. The molecular weight excluding hydrogens is 292 g/mol. The molecule has 0 saturated carbocycles. The lowest BCUT2D eigenvalue weighted by atomic mass is 10.2. The van der Waals surface area contributed by atoms with Crippen LogP contribution in [0.1, 0.15) is 17.7 Å². The number of carbonyl (C=O) groups excluding carboxylic acids is 1. The van der Waals surface area contributed by atoms with Gasteiger partial charge in [0, 0.05) is 37.2 Å². The van der Waals surface area contributed by atoms with E-state index in [-0.39, 0.29) is 12.3 Å². The van der Waals surface area contributed by atoms with Crippen LogP contribution in [0, 0.1) is 18.6 Å². The van der Waals surface area contributed by atoms with Gasteiger partial charge in [-0.15, -0.1) is 0 Å². The van der Waals surface area contributed by atoms with Gasteiger partial charge >= 0.3 is 0 Å². The fraction of sp³-hybridized carbons (Fsp3) is 0.333. The van der Waals surface area contributed by atoms with Crippen molar-refractivity contribution in [1.82, 2.24) is 10.1 Å². The van der Waals surface area contributed by atoms with Crippen LogP contribution in [0.3, 0.4) is 0 Å². The van der Waals surface area contributed by atoms with E-state index in [4.69, 9.17) is 4.52 Å². The Morgan fingerprint density at radius 1 is 1.36 bits per heavy atom. The van der Waals surface area contributed by atoms with E-state index in [1.807, 2.05) is 0 Å². The summed E-state index contributed by atoms with van der Waals surface area (Å²) in [4.78, 5) is 13.5. The number of hydrogen-bond acceptors (Lipinski definition) is 4. The quantitative estimate of drug-likeness (QED) is 0.891. The minimum Gasteiger partial charge on any atom is -0.360 e. The normalized spacial score (nSPS) is 11.0. The van der Waals surface area contributed by atoms with Crippen molar-refractivity contribution in [3.63, 3.8) is 0 Å². The number of hydrogen-bond donors (Lipinski definition) is 1. The highest BCUT2D eigenvalue weighted by molar-refractivity contribution is 5.89. The van der Waals surface area contributed by atoms with E-state index < -0.39 is 11.6 Å². The van der Waals surface area contributed by atoms with Crippen LogP contribution in [-0.4, -0.2) is 29.6 Å². The average molecular weight is 309 g/mol. The summed E-state index contributed by atoms with van der Waals surface area (Å²) in [5.41, 5.74) is 0.386. The van der Waals surface area contributed by atoms with Gasteiger partial charge in [-0.25, -0.2) is 8.78 Å². The smallest absolute Gasteiger partial charge is 0.226 e. The lowest BCUT2D eigenvalue weighted by molar-refractivity contribution is -0.116. The van der Waals surface area contributed by atoms with Crippen molar-refractivity contribution in [3.05, 3.63) is 47.2 Å². The number of carbonyl (C=O) groups is 1. The van der Waals surface area contributed by atoms with Gasteiger partial charge in [-0.3, -0.25) is 4.79 Å². The standard InChI is InChI=1S/C15H17F2N3O2/c1-10-7-14(19-22-10)18-15(21)5-6-20(2)9-11-3-4-12(16)8-13(11)17/h3-4,7-8H,5-6,9H2,1-2H3,(H,18,19,21). The van der Waals surface area contributed by atoms with E-state index >= 15 is 0 Å². The molecule has 2 rings (SSSR count). The molecule has 0 atom stereocenters. The molecule has 0 fully saturated rings. The maximum absolute atomic E-state index is 13.5. The number of benzene rings is 1. The zero-order valence-electron chi connectivity index (χ0n) is 12.4. The van der Waals surface area contributed by atoms with Gasteiger partial charge in [0.2, 0.25) is 5.91 Å². The highest BCUT2D eigenvalue weighted by atomic mass is 19.1. The first-order valence-electron chi connectivity index (χ1n) is 6.79. The van der Waals surface area contributed by atoms with Gasteiger partial charge in [0.15, 0.2) is 5.82 Å². The Morgan fingerprint density at radius 3 is 2.77 bits per heavy atom. The predicted molar refractivity (Wildman–Crippen MR) is 77.2 cm³/mol. The third kappa shape index (κ3) is 4.63. The first-order valence-corrected chi connectivity index (χ1v) is 6.79. The number of halogens is 2. The highest BCUT2D eigenvalue weighted by Crippen LogP contribution is 2.12. The van der Waals surface area contributed by atoms with Crippen molar-refractivity contribution in [1.29, 1.82) is 0 Å². The Bertz CT molecular complexity index is 658. The van der Waals surface area contributed by atoms with Crippen LogP contribution in [0.4, 0.5) is 14.6 Å². The van der Waals surface area contributed by atoms with E-state index in [1.54, 1.807) is 24.9 Å². The maximum atomic E-state index is 13.5. The Kier molecular flexibility index (Phi) is 5.21. The molecule has 0 radical (unpaired) electrons. The fourth-order valence-electron chi connectivity index (χ4n) is 1.94. The van der Waals surface area contributed by atoms with E-state index in [9.17, 15) is 13.6 Å². The molecule has 0 aliphatic rings. The molecule has 0 bridgehead atoms. The Balaban J connectivity index is 1.79. The number of amides is 1. The SMILES string of the molecule is Cc1cc(NC(=O)CCN(C)Cc2ccc(F)cc2F)no1. The van der Waals surface area contributed by atoms with Crippen molar-refractivity contribution >= 4 is 11.7 Å². The topological polar surface area (TPSA) is 58.4 Å². The van der Waals surface area contributed by atoms with Gasteiger partial charge in [0.25, 0.3) is 0 Å². The summed E-state index contributed by atoms with van der Waals surface area (Å²) in [5, 5.41) is 6.27. The van der Waals surface area contributed by atoms with Gasteiger partial charge in [-0.05, 0) is 20.0 Å². The van der Waals surface area contributed by atoms with Crippen LogP contribution in [0.2, 0.25) is 0 Å². The maximum Gasteiger partial charge on any atom is 0.226 e. The number of rotatable bonds is 6. The molecule has 1 aromatic heterocycles.